The highest BCUT2D eigenvalue weighted by Gasteiger charge is 2.24. The predicted molar refractivity (Wildman–Crippen MR) is 123 cm³/mol. The Kier molecular flexibility index (Phi) is 6.97. The van der Waals surface area contributed by atoms with E-state index in [0.717, 1.165) is 16.5 Å². The van der Waals surface area contributed by atoms with E-state index in [1.807, 2.05) is 30.5 Å². The number of carbonyl (C=O) groups excluding carboxylic acids is 3. The van der Waals surface area contributed by atoms with Gasteiger partial charge in [0.1, 0.15) is 6.04 Å². The van der Waals surface area contributed by atoms with Crippen molar-refractivity contribution in [3.8, 4) is 0 Å². The number of para-hydroxylation sites is 1. The van der Waals surface area contributed by atoms with Crippen molar-refractivity contribution >= 4 is 51.6 Å². The van der Waals surface area contributed by atoms with Crippen LogP contribution < -0.4 is 16.0 Å². The Bertz CT molecular complexity index is 1120. The molecule has 0 saturated heterocycles. The number of nitrogens with one attached hydrogen (secondary N) is 4. The monoisotopic (exact) mass is 440 g/mol. The molecule has 7 nitrogen and oxygen atoms in total. The van der Waals surface area contributed by atoms with E-state index in [-0.39, 0.29) is 28.7 Å². The van der Waals surface area contributed by atoms with Crippen molar-refractivity contribution in [2.75, 3.05) is 10.6 Å². The fraction of sp³-hybridized carbons (Fsp3) is 0.261. The fourth-order valence-corrected chi connectivity index (χ4v) is 3.41. The molecule has 0 bridgehead atoms. The molecule has 0 fully saturated rings. The van der Waals surface area contributed by atoms with Gasteiger partial charge in [-0.1, -0.05) is 43.6 Å². The van der Waals surface area contributed by atoms with Crippen molar-refractivity contribution in [1.82, 2.24) is 10.3 Å². The third kappa shape index (κ3) is 5.64. The maximum absolute atomic E-state index is 13.1. The predicted octanol–water partition coefficient (Wildman–Crippen LogP) is 4.10. The van der Waals surface area contributed by atoms with Gasteiger partial charge in [0.2, 0.25) is 17.7 Å². The van der Waals surface area contributed by atoms with Crippen LogP contribution in [-0.2, 0) is 20.8 Å². The van der Waals surface area contributed by atoms with E-state index in [0.29, 0.717) is 17.8 Å². The van der Waals surface area contributed by atoms with Crippen LogP contribution in [0.2, 0.25) is 5.02 Å². The summed E-state index contributed by atoms with van der Waals surface area (Å²) >= 11 is 6.28. The molecular weight excluding hydrogens is 416 g/mol. The summed E-state index contributed by atoms with van der Waals surface area (Å²) in [6.45, 7) is 4.94. The van der Waals surface area contributed by atoms with Gasteiger partial charge in [0.05, 0.1) is 10.7 Å². The van der Waals surface area contributed by atoms with Gasteiger partial charge in [-0.25, -0.2) is 0 Å². The molecule has 1 unspecified atom stereocenters. The first-order valence-corrected chi connectivity index (χ1v) is 10.4. The van der Waals surface area contributed by atoms with Crippen LogP contribution in [-0.4, -0.2) is 28.7 Å². The van der Waals surface area contributed by atoms with Crippen LogP contribution in [0.25, 0.3) is 10.9 Å². The van der Waals surface area contributed by atoms with E-state index >= 15 is 0 Å². The highest BCUT2D eigenvalue weighted by atomic mass is 35.5. The van der Waals surface area contributed by atoms with Crippen molar-refractivity contribution in [1.29, 1.82) is 0 Å². The Morgan fingerprint density at radius 3 is 2.45 bits per heavy atom. The third-order valence-corrected chi connectivity index (χ3v) is 5.12. The number of rotatable bonds is 7. The normalized spacial score (nSPS) is 11.9. The lowest BCUT2D eigenvalue weighted by Crippen LogP contribution is -2.46. The highest BCUT2D eigenvalue weighted by Crippen LogP contribution is 2.26. The fourth-order valence-electron chi connectivity index (χ4n) is 3.19. The smallest absolute Gasteiger partial charge is 0.247 e. The summed E-state index contributed by atoms with van der Waals surface area (Å²) < 4.78 is 0. The number of hydrogen-bond acceptors (Lipinski definition) is 3. The van der Waals surface area contributed by atoms with Crippen molar-refractivity contribution in [3.63, 3.8) is 0 Å². The summed E-state index contributed by atoms with van der Waals surface area (Å²) in [5.74, 6) is -1.08. The minimum Gasteiger partial charge on any atom is -0.361 e. The second-order valence-electron chi connectivity index (χ2n) is 7.64. The maximum Gasteiger partial charge on any atom is 0.247 e. The Morgan fingerprint density at radius 2 is 1.77 bits per heavy atom. The van der Waals surface area contributed by atoms with Gasteiger partial charge in [0.15, 0.2) is 0 Å². The summed E-state index contributed by atoms with van der Waals surface area (Å²) in [6.07, 6.45) is 2.16. The van der Waals surface area contributed by atoms with Crippen LogP contribution in [0.4, 0.5) is 11.4 Å². The van der Waals surface area contributed by atoms with E-state index < -0.39 is 6.04 Å². The first-order chi connectivity index (χ1) is 14.7. The third-order valence-electron chi connectivity index (χ3n) is 4.80. The topological polar surface area (TPSA) is 103 Å². The molecule has 0 aliphatic carbocycles. The number of hydrogen-bond donors (Lipinski definition) is 4. The number of benzene rings is 2. The van der Waals surface area contributed by atoms with Crippen molar-refractivity contribution in [2.24, 2.45) is 5.92 Å². The Hall–Kier alpha value is -3.32. The molecule has 0 radical (unpaired) electrons. The quantitative estimate of drug-likeness (QED) is 0.444. The van der Waals surface area contributed by atoms with E-state index in [2.05, 4.69) is 20.9 Å². The van der Waals surface area contributed by atoms with Gasteiger partial charge in [-0.3, -0.25) is 14.4 Å². The number of aromatic nitrogens is 1. The van der Waals surface area contributed by atoms with E-state index in [9.17, 15) is 14.4 Å². The van der Waals surface area contributed by atoms with Crippen molar-refractivity contribution in [2.45, 2.75) is 33.2 Å². The zero-order valence-electron chi connectivity index (χ0n) is 17.6. The Morgan fingerprint density at radius 1 is 1.03 bits per heavy atom. The average Bonchev–Trinajstić information content (AvgIpc) is 3.12. The Balaban J connectivity index is 1.82. The standard InChI is InChI=1S/C23H25ClN4O3/c1-13(2)22(30)28-21(10-15-12-25-19-7-5-4-6-17(15)19)23(31)27-20-9-8-16(11-18(20)24)26-14(3)29/h4-9,11-13,21,25H,10H2,1-3H3,(H,26,29)(H,27,31)(H,28,30). The van der Waals surface area contributed by atoms with Crippen LogP contribution >= 0.6 is 11.6 Å². The molecule has 2 aromatic carbocycles. The second-order valence-corrected chi connectivity index (χ2v) is 8.05. The molecule has 3 aromatic rings. The zero-order chi connectivity index (χ0) is 22.5. The summed E-state index contributed by atoms with van der Waals surface area (Å²) in [6, 6.07) is 11.8. The first kappa shape index (κ1) is 22.4. The number of carbonyl (C=O) groups is 3. The van der Waals surface area contributed by atoms with Crippen LogP contribution in [0.5, 0.6) is 0 Å². The molecular formula is C23H25ClN4O3. The number of amides is 3. The number of aromatic amines is 1. The van der Waals surface area contributed by atoms with Crippen molar-refractivity contribution in [3.05, 3.63) is 59.2 Å². The van der Waals surface area contributed by atoms with Gasteiger partial charge < -0.3 is 20.9 Å². The minimum atomic E-state index is -0.791. The summed E-state index contributed by atoms with van der Waals surface area (Å²) in [7, 11) is 0. The molecule has 162 valence electrons. The van der Waals surface area contributed by atoms with Crippen LogP contribution in [0.1, 0.15) is 26.3 Å². The van der Waals surface area contributed by atoms with Gasteiger partial charge in [-0.15, -0.1) is 0 Å². The molecule has 4 N–H and O–H groups in total. The molecule has 31 heavy (non-hydrogen) atoms. The molecule has 0 aliphatic heterocycles. The molecule has 1 atom stereocenters. The van der Waals surface area contributed by atoms with E-state index in [1.54, 1.807) is 32.0 Å². The highest BCUT2D eigenvalue weighted by molar-refractivity contribution is 6.34. The molecule has 8 heteroatoms. The number of fused-ring (bicyclic) bond motifs is 1. The maximum atomic E-state index is 13.1. The van der Waals surface area contributed by atoms with Gasteiger partial charge in [0, 0.05) is 42.0 Å². The molecule has 0 saturated carbocycles. The zero-order valence-corrected chi connectivity index (χ0v) is 18.3. The molecule has 1 aromatic heterocycles. The van der Waals surface area contributed by atoms with Gasteiger partial charge >= 0.3 is 0 Å². The molecule has 0 spiro atoms. The van der Waals surface area contributed by atoms with Crippen LogP contribution in [0, 0.1) is 5.92 Å². The minimum absolute atomic E-state index is 0.216. The molecule has 0 aliphatic rings. The Labute approximate surface area is 185 Å². The van der Waals surface area contributed by atoms with Gasteiger partial charge in [-0.2, -0.15) is 0 Å². The van der Waals surface area contributed by atoms with Gasteiger partial charge in [0.25, 0.3) is 0 Å². The summed E-state index contributed by atoms with van der Waals surface area (Å²) in [5.41, 5.74) is 2.80. The van der Waals surface area contributed by atoms with Crippen LogP contribution in [0.3, 0.4) is 0 Å². The summed E-state index contributed by atoms with van der Waals surface area (Å²) in [5, 5.41) is 9.53. The van der Waals surface area contributed by atoms with Crippen molar-refractivity contribution < 1.29 is 14.4 Å². The SMILES string of the molecule is CC(=O)Nc1ccc(NC(=O)C(Cc2c[nH]c3ccccc23)NC(=O)C(C)C)c(Cl)c1. The largest absolute Gasteiger partial charge is 0.361 e. The number of anilines is 2. The van der Waals surface area contributed by atoms with Gasteiger partial charge in [-0.05, 0) is 29.8 Å². The average molecular weight is 441 g/mol. The number of H-pyrrole nitrogens is 1. The summed E-state index contributed by atoms with van der Waals surface area (Å²) in [4.78, 5) is 39.8. The second kappa shape index (κ2) is 9.66. The molecule has 3 rings (SSSR count). The van der Waals surface area contributed by atoms with Crippen LogP contribution in [0.15, 0.2) is 48.7 Å². The lowest BCUT2D eigenvalue weighted by atomic mass is 10.0. The number of halogens is 1. The van der Waals surface area contributed by atoms with E-state index in [1.165, 1.54) is 6.92 Å². The lowest BCUT2D eigenvalue weighted by molar-refractivity contribution is -0.128. The van der Waals surface area contributed by atoms with E-state index in [4.69, 9.17) is 11.6 Å². The first-order valence-electron chi connectivity index (χ1n) is 9.98. The lowest BCUT2D eigenvalue weighted by Gasteiger charge is -2.20. The molecule has 1 heterocycles. The molecule has 3 amide bonds.